The molecule has 0 saturated carbocycles. The lowest BCUT2D eigenvalue weighted by atomic mass is 10.1. The van der Waals surface area contributed by atoms with E-state index >= 15 is 0 Å². The molecule has 0 unspecified atom stereocenters. The van der Waals surface area contributed by atoms with E-state index in [1.165, 1.54) is 29.1 Å². The second-order valence-electron chi connectivity index (χ2n) is 4.01. The van der Waals surface area contributed by atoms with Gasteiger partial charge in [-0.05, 0) is 43.5 Å². The van der Waals surface area contributed by atoms with Crippen LogP contribution in [0.5, 0.6) is 0 Å². The van der Waals surface area contributed by atoms with E-state index in [2.05, 4.69) is 42.4 Å². The second kappa shape index (κ2) is 3.82. The van der Waals surface area contributed by atoms with Crippen molar-refractivity contribution in [3.05, 3.63) is 29.3 Å². The summed E-state index contributed by atoms with van der Waals surface area (Å²) in [5.74, 6) is 1.26. The van der Waals surface area contributed by atoms with Crippen molar-refractivity contribution in [2.75, 3.05) is 11.9 Å². The molecule has 2 N–H and O–H groups in total. The number of hydrogen-bond acceptors (Lipinski definition) is 1. The molecule has 2 rings (SSSR count). The molecule has 0 atom stereocenters. The number of aryl methyl sites for hydroxylation is 2. The van der Waals surface area contributed by atoms with Gasteiger partial charge in [-0.2, -0.15) is 0 Å². The third-order valence-electron chi connectivity index (χ3n) is 2.46. The summed E-state index contributed by atoms with van der Waals surface area (Å²) in [6, 6.07) is 6.55. The number of amidine groups is 1. The highest BCUT2D eigenvalue weighted by Gasteiger charge is 2.12. The fourth-order valence-corrected chi connectivity index (χ4v) is 1.92. The lowest BCUT2D eigenvalue weighted by molar-refractivity contribution is -0.447. The molecule has 1 aromatic carbocycles. The zero-order valence-electron chi connectivity index (χ0n) is 8.85. The van der Waals surface area contributed by atoms with Crippen molar-refractivity contribution in [2.45, 2.75) is 26.7 Å². The first-order valence-corrected chi connectivity index (χ1v) is 5.19. The third kappa shape index (κ3) is 2.13. The largest absolute Gasteiger partial charge is 0.278 e. The third-order valence-corrected chi connectivity index (χ3v) is 2.46. The van der Waals surface area contributed by atoms with E-state index < -0.39 is 0 Å². The SMILES string of the molecule is Cc1cc(C)cc(NC2=[NH+]CCC2)c1. The van der Waals surface area contributed by atoms with Crippen LogP contribution in [0.1, 0.15) is 24.0 Å². The first kappa shape index (κ1) is 9.25. The van der Waals surface area contributed by atoms with Crippen molar-refractivity contribution in [1.82, 2.24) is 0 Å². The van der Waals surface area contributed by atoms with Gasteiger partial charge in [0.05, 0.1) is 13.0 Å². The van der Waals surface area contributed by atoms with Gasteiger partial charge < -0.3 is 0 Å². The van der Waals surface area contributed by atoms with Crippen LogP contribution >= 0.6 is 0 Å². The summed E-state index contributed by atoms with van der Waals surface area (Å²) in [6.07, 6.45) is 2.39. The van der Waals surface area contributed by atoms with Gasteiger partial charge in [0.2, 0.25) is 5.84 Å². The zero-order chi connectivity index (χ0) is 9.97. The Kier molecular flexibility index (Phi) is 2.53. The Bertz CT molecular complexity index is 346. The molecule has 0 spiro atoms. The van der Waals surface area contributed by atoms with Crippen molar-refractivity contribution in [1.29, 1.82) is 0 Å². The van der Waals surface area contributed by atoms with Gasteiger partial charge in [-0.3, -0.25) is 4.99 Å². The molecule has 0 aromatic heterocycles. The summed E-state index contributed by atoms with van der Waals surface area (Å²) in [5.41, 5.74) is 3.82. The standard InChI is InChI=1S/C12H16N2/c1-9-6-10(2)8-11(7-9)14-12-4-3-5-13-12/h6-8H,3-5H2,1-2H3,(H,13,14)/p+1. The number of nitrogens with one attached hydrogen (secondary N) is 2. The number of hydrogen-bond donors (Lipinski definition) is 2. The fraction of sp³-hybridized carbons (Fsp3) is 0.417. The maximum Gasteiger partial charge on any atom is 0.247 e. The highest BCUT2D eigenvalue weighted by molar-refractivity contribution is 5.91. The summed E-state index contributed by atoms with van der Waals surface area (Å²) in [7, 11) is 0. The molecule has 2 nitrogen and oxygen atoms in total. The van der Waals surface area contributed by atoms with Crippen molar-refractivity contribution in [2.24, 2.45) is 0 Å². The van der Waals surface area contributed by atoms with Crippen molar-refractivity contribution in [3.63, 3.8) is 0 Å². The minimum Gasteiger partial charge on any atom is -0.278 e. The first-order valence-electron chi connectivity index (χ1n) is 5.19. The average molecular weight is 189 g/mol. The smallest absolute Gasteiger partial charge is 0.247 e. The monoisotopic (exact) mass is 189 g/mol. The van der Waals surface area contributed by atoms with Crippen LogP contribution in [-0.2, 0) is 0 Å². The molecule has 0 radical (unpaired) electrons. The van der Waals surface area contributed by atoms with E-state index in [0.717, 1.165) is 13.0 Å². The van der Waals surface area contributed by atoms with E-state index in [1.54, 1.807) is 0 Å². The van der Waals surface area contributed by atoms with Gasteiger partial charge in [-0.15, -0.1) is 0 Å². The minimum absolute atomic E-state index is 1.10. The molecule has 0 saturated heterocycles. The van der Waals surface area contributed by atoms with Crippen molar-refractivity contribution < 1.29 is 4.99 Å². The van der Waals surface area contributed by atoms with Gasteiger partial charge in [-0.25, -0.2) is 5.32 Å². The predicted octanol–water partition coefficient (Wildman–Crippen LogP) is 0.988. The van der Waals surface area contributed by atoms with E-state index in [-0.39, 0.29) is 0 Å². The molecule has 0 fully saturated rings. The topological polar surface area (TPSA) is 26.0 Å². The molecule has 1 heterocycles. The average Bonchev–Trinajstić information content (AvgIpc) is 2.54. The maximum absolute atomic E-state index is 3.43. The van der Waals surface area contributed by atoms with Crippen LogP contribution in [0.4, 0.5) is 5.69 Å². The van der Waals surface area contributed by atoms with Crippen LogP contribution in [0.25, 0.3) is 0 Å². The molecule has 14 heavy (non-hydrogen) atoms. The minimum atomic E-state index is 1.10. The molecule has 74 valence electrons. The zero-order valence-corrected chi connectivity index (χ0v) is 8.85. The number of anilines is 1. The number of benzene rings is 1. The predicted molar refractivity (Wildman–Crippen MR) is 59.6 cm³/mol. The first-order chi connectivity index (χ1) is 6.74. The van der Waals surface area contributed by atoms with E-state index in [9.17, 15) is 0 Å². The second-order valence-corrected chi connectivity index (χ2v) is 4.01. The highest BCUT2D eigenvalue weighted by atomic mass is 15.0. The summed E-state index contributed by atoms with van der Waals surface area (Å²) < 4.78 is 0. The van der Waals surface area contributed by atoms with Crippen LogP contribution in [0, 0.1) is 13.8 Å². The van der Waals surface area contributed by atoms with Gasteiger partial charge in [-0.1, -0.05) is 6.07 Å². The van der Waals surface area contributed by atoms with Crippen LogP contribution in [0.2, 0.25) is 0 Å². The van der Waals surface area contributed by atoms with Gasteiger partial charge in [0.15, 0.2) is 0 Å². The Balaban J connectivity index is 2.15. The summed E-state index contributed by atoms with van der Waals surface area (Å²) in [6.45, 7) is 5.36. The van der Waals surface area contributed by atoms with Gasteiger partial charge in [0.1, 0.15) is 5.69 Å². The lowest BCUT2D eigenvalue weighted by Crippen LogP contribution is -2.70. The van der Waals surface area contributed by atoms with Crippen LogP contribution in [0.15, 0.2) is 18.2 Å². The fourth-order valence-electron chi connectivity index (χ4n) is 1.92. The van der Waals surface area contributed by atoms with Crippen LogP contribution in [-0.4, -0.2) is 12.4 Å². The summed E-state index contributed by atoms with van der Waals surface area (Å²) in [4.78, 5) is 3.35. The lowest BCUT2D eigenvalue weighted by Gasteiger charge is -2.01. The Morgan fingerprint density at radius 2 is 1.86 bits per heavy atom. The highest BCUT2D eigenvalue weighted by Crippen LogP contribution is 2.13. The van der Waals surface area contributed by atoms with E-state index in [1.807, 2.05) is 0 Å². The molecule has 0 amide bonds. The van der Waals surface area contributed by atoms with Gasteiger partial charge >= 0.3 is 0 Å². The molecule has 0 aliphatic carbocycles. The quantitative estimate of drug-likeness (QED) is 0.677. The maximum atomic E-state index is 3.43. The van der Waals surface area contributed by atoms with Crippen molar-refractivity contribution in [3.8, 4) is 0 Å². The molecular weight excluding hydrogens is 172 g/mol. The molecule has 0 bridgehead atoms. The Morgan fingerprint density at radius 1 is 1.14 bits per heavy atom. The van der Waals surface area contributed by atoms with Crippen molar-refractivity contribution >= 4 is 11.5 Å². The number of rotatable bonds is 1. The Morgan fingerprint density at radius 3 is 2.43 bits per heavy atom. The molecule has 1 aromatic rings. The van der Waals surface area contributed by atoms with Crippen LogP contribution < -0.4 is 10.3 Å². The normalized spacial score (nSPS) is 15.4. The molecule has 1 aliphatic rings. The summed E-state index contributed by atoms with van der Waals surface area (Å²) in [5, 5.41) is 3.43. The molecular formula is C12H17N2+. The summed E-state index contributed by atoms with van der Waals surface area (Å²) >= 11 is 0. The van der Waals surface area contributed by atoms with Crippen LogP contribution in [0.3, 0.4) is 0 Å². The Hall–Kier alpha value is -1.31. The van der Waals surface area contributed by atoms with E-state index in [0.29, 0.717) is 0 Å². The van der Waals surface area contributed by atoms with Gasteiger partial charge in [0, 0.05) is 0 Å². The molecule has 2 heteroatoms. The molecule has 1 aliphatic heterocycles. The van der Waals surface area contributed by atoms with E-state index in [4.69, 9.17) is 0 Å². The van der Waals surface area contributed by atoms with Gasteiger partial charge in [0.25, 0.3) is 0 Å². The Labute approximate surface area is 85.1 Å².